The van der Waals surface area contributed by atoms with Crippen LogP contribution in [-0.2, 0) is 21.9 Å². The maximum atomic E-state index is 12.8. The number of thioether (sulfide) groups is 1. The molecule has 0 bridgehead atoms. The number of sulfonamides is 1. The minimum atomic E-state index is -3.89. The molecule has 21 heavy (non-hydrogen) atoms. The third kappa shape index (κ3) is 2.47. The van der Waals surface area contributed by atoms with Gasteiger partial charge in [-0.2, -0.15) is 4.31 Å². The smallest absolute Gasteiger partial charge is 0.322 e. The molecule has 2 fully saturated rings. The van der Waals surface area contributed by atoms with E-state index in [4.69, 9.17) is 0 Å². The molecule has 2 heterocycles. The van der Waals surface area contributed by atoms with Gasteiger partial charge in [-0.15, -0.1) is 11.8 Å². The molecule has 1 saturated heterocycles. The van der Waals surface area contributed by atoms with Gasteiger partial charge in [0.15, 0.2) is 5.03 Å². The lowest BCUT2D eigenvalue weighted by Gasteiger charge is -2.25. The first-order chi connectivity index (χ1) is 9.82. The number of aryl methyl sites for hydroxylation is 2. The average molecular weight is 331 g/mol. The van der Waals surface area contributed by atoms with Gasteiger partial charge >= 0.3 is 5.97 Å². The largest absolute Gasteiger partial charge is 0.480 e. The van der Waals surface area contributed by atoms with E-state index in [1.54, 1.807) is 18.5 Å². The molecule has 9 heteroatoms. The van der Waals surface area contributed by atoms with E-state index in [2.05, 4.69) is 4.98 Å². The molecule has 0 radical (unpaired) electrons. The fourth-order valence-electron chi connectivity index (χ4n) is 2.48. The number of hydrogen-bond donors (Lipinski definition) is 1. The van der Waals surface area contributed by atoms with Crippen LogP contribution in [0.25, 0.3) is 0 Å². The summed E-state index contributed by atoms with van der Waals surface area (Å²) in [5, 5.41) is 8.98. The highest BCUT2D eigenvalue weighted by Crippen LogP contribution is 2.47. The van der Waals surface area contributed by atoms with Crippen LogP contribution in [0, 0.1) is 12.8 Å². The molecule has 7 nitrogen and oxygen atoms in total. The van der Waals surface area contributed by atoms with Gasteiger partial charge < -0.3 is 9.67 Å². The second kappa shape index (κ2) is 4.99. The number of carboxylic acid groups (broad SMARTS) is 1. The second-order valence-corrected chi connectivity index (χ2v) is 8.43. The highest BCUT2D eigenvalue weighted by Gasteiger charge is 2.52. The molecule has 1 aliphatic heterocycles. The second-order valence-electron chi connectivity index (χ2n) is 5.49. The van der Waals surface area contributed by atoms with Crippen LogP contribution in [0.15, 0.2) is 11.2 Å². The van der Waals surface area contributed by atoms with Crippen LogP contribution in [0.4, 0.5) is 0 Å². The van der Waals surface area contributed by atoms with Gasteiger partial charge in [-0.1, -0.05) is 0 Å². The number of hydrogen-bond acceptors (Lipinski definition) is 5. The van der Waals surface area contributed by atoms with Gasteiger partial charge in [-0.05, 0) is 25.7 Å². The summed E-state index contributed by atoms with van der Waals surface area (Å²) in [6, 6.07) is -1.01. The van der Waals surface area contributed by atoms with E-state index in [9.17, 15) is 18.3 Å². The van der Waals surface area contributed by atoms with Crippen LogP contribution >= 0.6 is 11.8 Å². The van der Waals surface area contributed by atoms with E-state index in [-0.39, 0.29) is 16.3 Å². The Balaban J connectivity index is 2.02. The van der Waals surface area contributed by atoms with Crippen LogP contribution in [0.2, 0.25) is 0 Å². The minimum absolute atomic E-state index is 0.0677. The van der Waals surface area contributed by atoms with Crippen molar-refractivity contribution in [3.8, 4) is 0 Å². The van der Waals surface area contributed by atoms with E-state index in [0.29, 0.717) is 11.6 Å². The number of rotatable bonds is 4. The third-order valence-corrected chi connectivity index (χ3v) is 7.28. The highest BCUT2D eigenvalue weighted by molar-refractivity contribution is 8.01. The van der Waals surface area contributed by atoms with Gasteiger partial charge in [0.1, 0.15) is 11.9 Å². The predicted molar refractivity (Wildman–Crippen MR) is 77.4 cm³/mol. The summed E-state index contributed by atoms with van der Waals surface area (Å²) < 4.78 is 28.5. The normalized spacial score (nSPS) is 27.1. The van der Waals surface area contributed by atoms with Gasteiger partial charge in [0.25, 0.3) is 10.0 Å². The summed E-state index contributed by atoms with van der Waals surface area (Å²) >= 11 is 1.42. The zero-order valence-electron chi connectivity index (χ0n) is 11.8. The molecule has 2 atom stereocenters. The first-order valence-electron chi connectivity index (χ1n) is 6.70. The highest BCUT2D eigenvalue weighted by atomic mass is 32.2. The van der Waals surface area contributed by atoms with Crippen molar-refractivity contribution in [1.29, 1.82) is 0 Å². The Morgan fingerprint density at radius 3 is 2.62 bits per heavy atom. The third-order valence-electron chi connectivity index (χ3n) is 3.92. The molecular formula is C12H17N3O4S2. The van der Waals surface area contributed by atoms with E-state index in [1.165, 1.54) is 22.3 Å². The maximum absolute atomic E-state index is 12.8. The topological polar surface area (TPSA) is 92.5 Å². The Labute approximate surface area is 127 Å². The van der Waals surface area contributed by atoms with Crippen molar-refractivity contribution in [2.45, 2.75) is 36.2 Å². The number of aromatic nitrogens is 2. The minimum Gasteiger partial charge on any atom is -0.480 e. The van der Waals surface area contributed by atoms with Crippen molar-refractivity contribution in [2.24, 2.45) is 13.0 Å². The Morgan fingerprint density at radius 1 is 1.48 bits per heavy atom. The summed E-state index contributed by atoms with van der Waals surface area (Å²) in [5.74, 6) is 0.0396. The predicted octanol–water partition coefficient (Wildman–Crippen LogP) is 0.655. The lowest BCUT2D eigenvalue weighted by Crippen LogP contribution is -2.46. The Hall–Kier alpha value is -1.06. The molecule has 1 aromatic rings. The SMILES string of the molecule is Cc1nc(S(=O)(=O)N2C(C(=O)O)CSC2C2CC2)cn1C. The Bertz CT molecular complexity index is 661. The summed E-state index contributed by atoms with van der Waals surface area (Å²) in [6.07, 6.45) is 3.35. The summed E-state index contributed by atoms with van der Waals surface area (Å²) in [5.41, 5.74) is 0. The van der Waals surface area contributed by atoms with Crippen molar-refractivity contribution < 1.29 is 18.3 Å². The van der Waals surface area contributed by atoms with Gasteiger partial charge in [-0.3, -0.25) is 4.79 Å². The molecule has 0 aromatic carbocycles. The number of aliphatic carboxylic acids is 1. The van der Waals surface area contributed by atoms with E-state index in [0.717, 1.165) is 12.8 Å². The monoisotopic (exact) mass is 331 g/mol. The first-order valence-corrected chi connectivity index (χ1v) is 9.19. The van der Waals surface area contributed by atoms with Crippen LogP contribution < -0.4 is 0 Å². The first kappa shape index (κ1) is 14.9. The molecule has 2 aliphatic rings. The van der Waals surface area contributed by atoms with Crippen LogP contribution in [0.1, 0.15) is 18.7 Å². The Kier molecular flexibility index (Phi) is 3.53. The molecule has 0 spiro atoms. The molecule has 1 saturated carbocycles. The lowest BCUT2D eigenvalue weighted by molar-refractivity contribution is -0.140. The zero-order chi connectivity index (χ0) is 15.4. The molecule has 3 rings (SSSR count). The summed E-state index contributed by atoms with van der Waals surface area (Å²) in [4.78, 5) is 15.5. The van der Waals surface area contributed by atoms with E-state index in [1.807, 2.05) is 0 Å². The van der Waals surface area contributed by atoms with Crippen molar-refractivity contribution in [3.05, 3.63) is 12.0 Å². The number of carbonyl (C=O) groups is 1. The quantitative estimate of drug-likeness (QED) is 0.871. The van der Waals surface area contributed by atoms with E-state index < -0.39 is 22.0 Å². The fraction of sp³-hybridized carbons (Fsp3) is 0.667. The molecule has 116 valence electrons. The zero-order valence-corrected chi connectivity index (χ0v) is 13.4. The van der Waals surface area contributed by atoms with E-state index >= 15 is 0 Å². The molecule has 2 unspecified atom stereocenters. The average Bonchev–Trinajstić information content (AvgIpc) is 3.04. The van der Waals surface area contributed by atoms with Crippen molar-refractivity contribution in [2.75, 3.05) is 5.75 Å². The molecule has 1 aliphatic carbocycles. The van der Waals surface area contributed by atoms with Crippen molar-refractivity contribution in [3.63, 3.8) is 0 Å². The molecule has 0 amide bonds. The standard InChI is InChI=1S/C12H17N3O4S2/c1-7-13-10(5-14(7)2)21(18,19)15-9(12(16)17)6-20-11(15)8-3-4-8/h5,8-9,11H,3-4,6H2,1-2H3,(H,16,17). The van der Waals surface area contributed by atoms with Gasteiger partial charge in [-0.25, -0.2) is 13.4 Å². The van der Waals surface area contributed by atoms with Crippen LogP contribution in [0.3, 0.4) is 0 Å². The maximum Gasteiger partial charge on any atom is 0.322 e. The van der Waals surface area contributed by atoms with Crippen LogP contribution in [0.5, 0.6) is 0 Å². The molecular weight excluding hydrogens is 314 g/mol. The molecule has 1 N–H and O–H groups in total. The number of nitrogens with zero attached hydrogens (tertiary/aromatic N) is 3. The summed E-state index contributed by atoms with van der Waals surface area (Å²) in [6.45, 7) is 1.71. The number of carboxylic acids is 1. The van der Waals surface area contributed by atoms with Crippen LogP contribution in [-0.4, -0.2) is 50.5 Å². The van der Waals surface area contributed by atoms with Gasteiger partial charge in [0.2, 0.25) is 0 Å². The lowest BCUT2D eigenvalue weighted by atomic mass is 10.3. The van der Waals surface area contributed by atoms with Gasteiger partial charge in [0.05, 0.1) is 5.37 Å². The Morgan fingerprint density at radius 2 is 2.14 bits per heavy atom. The van der Waals surface area contributed by atoms with Gasteiger partial charge in [0, 0.05) is 19.0 Å². The molecule has 1 aromatic heterocycles. The summed E-state index contributed by atoms with van der Waals surface area (Å²) in [7, 11) is -2.17. The number of imidazole rings is 1. The van der Waals surface area contributed by atoms with Crippen molar-refractivity contribution >= 4 is 27.8 Å². The van der Waals surface area contributed by atoms with Crippen molar-refractivity contribution in [1.82, 2.24) is 13.9 Å². The fourth-order valence-corrected chi connectivity index (χ4v) is 6.32.